The Morgan fingerprint density at radius 3 is 2.73 bits per heavy atom. The summed E-state index contributed by atoms with van der Waals surface area (Å²) < 4.78 is 7.98. The number of hydrogen-bond donors (Lipinski definition) is 0. The normalized spacial score (nSPS) is 21.6. The van der Waals surface area contributed by atoms with Crippen LogP contribution in [0.5, 0.6) is 0 Å². The van der Waals surface area contributed by atoms with E-state index < -0.39 is 0 Å². The van der Waals surface area contributed by atoms with Crippen LogP contribution in [0.15, 0.2) is 30.6 Å². The lowest BCUT2D eigenvalue weighted by Gasteiger charge is -2.32. The van der Waals surface area contributed by atoms with Crippen LogP contribution < -0.4 is 4.90 Å². The zero-order chi connectivity index (χ0) is 22.4. The van der Waals surface area contributed by atoms with E-state index in [1.165, 1.54) is 5.56 Å². The number of aromatic nitrogens is 5. The first kappa shape index (κ1) is 21.0. The number of fused-ring (bicyclic) bond motifs is 3. The Labute approximate surface area is 198 Å². The molecule has 1 aromatic carbocycles. The molecule has 0 radical (unpaired) electrons. The van der Waals surface area contributed by atoms with Gasteiger partial charge in [-0.15, -0.1) is 10.2 Å². The van der Waals surface area contributed by atoms with Crippen molar-refractivity contribution in [3.8, 4) is 5.69 Å². The largest absolute Gasteiger partial charge is 0.380 e. The van der Waals surface area contributed by atoms with Crippen molar-refractivity contribution in [3.63, 3.8) is 0 Å². The number of halogens is 1. The molecule has 0 N–H and O–H groups in total. The molecule has 3 aliphatic heterocycles. The van der Waals surface area contributed by atoms with E-state index in [-0.39, 0.29) is 0 Å². The monoisotopic (exact) mass is 465 g/mol. The molecule has 8 nitrogen and oxygen atoms in total. The number of rotatable bonds is 3. The maximum atomic E-state index is 6.41. The highest BCUT2D eigenvalue weighted by Gasteiger charge is 2.33. The Bertz CT molecular complexity index is 1150. The standard InChI is InChI=1S/C24H28ClN7O/c1-16-11-26-12-22(27-16)30-7-4-17(5-8-30)24-29-28-23-14-31(20-6-9-33-15-20)13-18-10-19(25)2-3-21(18)32(23)24/h2-3,10-12,17,20H,4-9,13-15H2,1H3/t20-/m0/s1. The average molecular weight is 466 g/mol. The second-order valence-corrected chi connectivity index (χ2v) is 9.72. The van der Waals surface area contributed by atoms with Gasteiger partial charge in [-0.25, -0.2) is 4.98 Å². The number of hydrogen-bond acceptors (Lipinski definition) is 7. The molecule has 0 saturated carbocycles. The highest BCUT2D eigenvalue weighted by atomic mass is 35.5. The van der Waals surface area contributed by atoms with Crippen LogP contribution in [0.25, 0.3) is 5.69 Å². The molecule has 0 aliphatic carbocycles. The molecule has 0 unspecified atom stereocenters. The number of benzene rings is 1. The zero-order valence-electron chi connectivity index (χ0n) is 18.8. The minimum atomic E-state index is 0.352. The van der Waals surface area contributed by atoms with E-state index >= 15 is 0 Å². The van der Waals surface area contributed by atoms with Crippen molar-refractivity contribution in [2.45, 2.75) is 51.2 Å². The second-order valence-electron chi connectivity index (χ2n) is 9.29. The molecule has 2 fully saturated rings. The summed E-state index contributed by atoms with van der Waals surface area (Å²) in [6.07, 6.45) is 6.73. The minimum absolute atomic E-state index is 0.352. The number of anilines is 1. The minimum Gasteiger partial charge on any atom is -0.380 e. The van der Waals surface area contributed by atoms with Crippen LogP contribution in [0.3, 0.4) is 0 Å². The Balaban J connectivity index is 1.30. The fourth-order valence-corrected chi connectivity index (χ4v) is 5.55. The number of piperidine rings is 1. The number of nitrogens with zero attached hydrogens (tertiary/aromatic N) is 7. The molecule has 3 aromatic rings. The Morgan fingerprint density at radius 2 is 1.94 bits per heavy atom. The number of ether oxygens (including phenoxy) is 1. The maximum Gasteiger partial charge on any atom is 0.151 e. The molecule has 5 heterocycles. The average Bonchev–Trinajstić information content (AvgIpc) is 3.47. The van der Waals surface area contributed by atoms with Gasteiger partial charge in [-0.05, 0) is 49.9 Å². The molecule has 1 atom stereocenters. The van der Waals surface area contributed by atoms with Crippen molar-refractivity contribution in [1.29, 1.82) is 0 Å². The molecule has 9 heteroatoms. The van der Waals surface area contributed by atoms with Crippen LogP contribution in [0, 0.1) is 6.92 Å². The molecule has 3 aliphatic rings. The Hall–Kier alpha value is -2.55. The Morgan fingerprint density at radius 1 is 1.06 bits per heavy atom. The fraction of sp³-hybridized carbons (Fsp3) is 0.500. The van der Waals surface area contributed by atoms with Crippen LogP contribution in [-0.4, -0.2) is 62.0 Å². The smallest absolute Gasteiger partial charge is 0.151 e. The summed E-state index contributed by atoms with van der Waals surface area (Å²) in [4.78, 5) is 13.8. The van der Waals surface area contributed by atoms with Gasteiger partial charge in [-0.1, -0.05) is 11.6 Å². The highest BCUT2D eigenvalue weighted by Crippen LogP contribution is 2.35. The lowest BCUT2D eigenvalue weighted by Crippen LogP contribution is -2.34. The molecule has 2 aromatic heterocycles. The van der Waals surface area contributed by atoms with Gasteiger partial charge in [0.2, 0.25) is 0 Å². The first-order valence-electron chi connectivity index (χ1n) is 11.7. The third kappa shape index (κ3) is 4.00. The first-order chi connectivity index (χ1) is 16.2. The fourth-order valence-electron chi connectivity index (χ4n) is 5.35. The molecule has 0 bridgehead atoms. The van der Waals surface area contributed by atoms with Crippen molar-refractivity contribution < 1.29 is 4.74 Å². The predicted octanol–water partition coefficient (Wildman–Crippen LogP) is 3.51. The van der Waals surface area contributed by atoms with E-state index in [4.69, 9.17) is 21.4 Å². The van der Waals surface area contributed by atoms with Crippen molar-refractivity contribution in [2.24, 2.45) is 0 Å². The van der Waals surface area contributed by atoms with Crippen LogP contribution in [-0.2, 0) is 17.8 Å². The second kappa shape index (κ2) is 8.66. The third-order valence-corrected chi connectivity index (χ3v) is 7.34. The van der Waals surface area contributed by atoms with Gasteiger partial charge in [0.25, 0.3) is 0 Å². The van der Waals surface area contributed by atoms with E-state index in [2.05, 4.69) is 41.6 Å². The van der Waals surface area contributed by atoms with Gasteiger partial charge < -0.3 is 9.64 Å². The van der Waals surface area contributed by atoms with Crippen LogP contribution in [0.4, 0.5) is 5.82 Å². The molecule has 33 heavy (non-hydrogen) atoms. The molecule has 0 amide bonds. The summed E-state index contributed by atoms with van der Waals surface area (Å²) in [7, 11) is 0. The van der Waals surface area contributed by atoms with Crippen molar-refractivity contribution in [1.82, 2.24) is 29.6 Å². The van der Waals surface area contributed by atoms with Gasteiger partial charge in [-0.3, -0.25) is 14.5 Å². The van der Waals surface area contributed by atoms with Crippen LogP contribution >= 0.6 is 11.6 Å². The van der Waals surface area contributed by atoms with Gasteiger partial charge in [-0.2, -0.15) is 0 Å². The van der Waals surface area contributed by atoms with E-state index in [0.717, 1.165) is 92.5 Å². The summed E-state index contributed by atoms with van der Waals surface area (Å²) in [5.74, 6) is 3.38. The topological polar surface area (TPSA) is 72.2 Å². The summed E-state index contributed by atoms with van der Waals surface area (Å²) >= 11 is 6.41. The number of aryl methyl sites for hydroxylation is 1. The quantitative estimate of drug-likeness (QED) is 0.586. The molecule has 6 rings (SSSR count). The van der Waals surface area contributed by atoms with E-state index in [0.29, 0.717) is 12.0 Å². The van der Waals surface area contributed by atoms with Crippen molar-refractivity contribution in [2.75, 3.05) is 31.2 Å². The molecular formula is C24H28ClN7O. The highest BCUT2D eigenvalue weighted by molar-refractivity contribution is 6.30. The molecule has 2 saturated heterocycles. The summed E-state index contributed by atoms with van der Waals surface area (Å²) in [6, 6.07) is 6.60. The summed E-state index contributed by atoms with van der Waals surface area (Å²) in [6.45, 7) is 7.07. The maximum absolute atomic E-state index is 6.41. The zero-order valence-corrected chi connectivity index (χ0v) is 19.6. The molecule has 172 valence electrons. The predicted molar refractivity (Wildman–Crippen MR) is 126 cm³/mol. The van der Waals surface area contributed by atoms with E-state index in [9.17, 15) is 0 Å². The van der Waals surface area contributed by atoms with E-state index in [1.807, 2.05) is 19.2 Å². The van der Waals surface area contributed by atoms with Gasteiger partial charge in [0.1, 0.15) is 11.6 Å². The van der Waals surface area contributed by atoms with Crippen LogP contribution in [0.2, 0.25) is 5.02 Å². The lowest BCUT2D eigenvalue weighted by atomic mass is 9.95. The van der Waals surface area contributed by atoms with E-state index in [1.54, 1.807) is 6.20 Å². The SMILES string of the molecule is Cc1cncc(N2CCC(c3nnc4n3-c3ccc(Cl)cc3CN([C@H]3CCOC3)C4)CC2)n1. The van der Waals surface area contributed by atoms with Crippen molar-refractivity contribution in [3.05, 3.63) is 58.5 Å². The summed E-state index contributed by atoms with van der Waals surface area (Å²) in [5, 5.41) is 10.2. The van der Waals surface area contributed by atoms with Crippen LogP contribution in [0.1, 0.15) is 48.1 Å². The third-order valence-electron chi connectivity index (χ3n) is 7.10. The van der Waals surface area contributed by atoms with Gasteiger partial charge >= 0.3 is 0 Å². The summed E-state index contributed by atoms with van der Waals surface area (Å²) in [5.41, 5.74) is 3.33. The van der Waals surface area contributed by atoms with Gasteiger partial charge in [0.15, 0.2) is 5.82 Å². The molecular weight excluding hydrogens is 438 g/mol. The van der Waals surface area contributed by atoms with Crippen molar-refractivity contribution >= 4 is 17.4 Å². The Kier molecular flexibility index (Phi) is 5.52. The van der Waals surface area contributed by atoms with Gasteiger partial charge in [0.05, 0.1) is 30.7 Å². The molecule has 0 spiro atoms. The van der Waals surface area contributed by atoms with Gasteiger partial charge in [0, 0.05) is 49.4 Å². The first-order valence-corrected chi connectivity index (χ1v) is 12.1. The lowest BCUT2D eigenvalue weighted by molar-refractivity contribution is 0.133.